The van der Waals surface area contributed by atoms with Crippen LogP contribution in [0.15, 0.2) is 30.3 Å². The van der Waals surface area contributed by atoms with Crippen LogP contribution in [0.25, 0.3) is 0 Å². The number of rotatable bonds is 8. The van der Waals surface area contributed by atoms with Gasteiger partial charge in [-0.15, -0.1) is 0 Å². The molecule has 0 fully saturated rings. The molecule has 2 aromatic rings. The number of hydrogen-bond donors (Lipinski definition) is 0. The zero-order chi connectivity index (χ0) is 17.5. The van der Waals surface area contributed by atoms with Gasteiger partial charge in [0.25, 0.3) is 0 Å². The van der Waals surface area contributed by atoms with Gasteiger partial charge >= 0.3 is 0 Å². The molecule has 0 saturated carbocycles. The van der Waals surface area contributed by atoms with Crippen LogP contribution in [0.1, 0.15) is 13.8 Å². The third-order valence-corrected chi connectivity index (χ3v) is 3.20. The van der Waals surface area contributed by atoms with Gasteiger partial charge in [0.15, 0.2) is 17.2 Å². The van der Waals surface area contributed by atoms with E-state index in [0.29, 0.717) is 36.2 Å². The van der Waals surface area contributed by atoms with E-state index in [-0.39, 0.29) is 17.2 Å². The second-order valence-electron chi connectivity index (χ2n) is 4.70. The molecule has 0 aliphatic rings. The molecule has 1 radical (unpaired) electrons. The van der Waals surface area contributed by atoms with Gasteiger partial charge in [-0.3, -0.25) is 5.11 Å². The molecule has 0 bridgehead atoms. The van der Waals surface area contributed by atoms with E-state index in [2.05, 4.69) is 0 Å². The lowest BCUT2D eigenvalue weighted by atomic mass is 10.2. The van der Waals surface area contributed by atoms with Crippen LogP contribution in [0.5, 0.6) is 40.2 Å². The summed E-state index contributed by atoms with van der Waals surface area (Å²) < 4.78 is 27.3. The summed E-state index contributed by atoms with van der Waals surface area (Å²) in [7, 11) is 2.91. The van der Waals surface area contributed by atoms with Crippen LogP contribution in [0.3, 0.4) is 0 Å². The molecule has 0 amide bonds. The van der Waals surface area contributed by atoms with E-state index in [4.69, 9.17) is 23.7 Å². The fourth-order valence-electron chi connectivity index (χ4n) is 2.19. The monoisotopic (exact) mass is 333 g/mol. The molecule has 2 aromatic carbocycles. The molecule has 0 unspecified atom stereocenters. The molecule has 0 saturated heterocycles. The molecule has 6 heteroatoms. The Morgan fingerprint density at radius 3 is 2.08 bits per heavy atom. The van der Waals surface area contributed by atoms with E-state index in [1.165, 1.54) is 26.4 Å². The molecule has 0 heterocycles. The van der Waals surface area contributed by atoms with Crippen molar-refractivity contribution in [1.29, 1.82) is 0 Å². The molecular weight excluding hydrogens is 312 g/mol. The predicted octanol–water partition coefficient (Wildman–Crippen LogP) is 4.44. The van der Waals surface area contributed by atoms with Crippen molar-refractivity contribution in [2.45, 2.75) is 13.8 Å². The Labute approximate surface area is 141 Å². The van der Waals surface area contributed by atoms with Gasteiger partial charge in [-0.2, -0.15) is 0 Å². The van der Waals surface area contributed by atoms with E-state index < -0.39 is 0 Å². The van der Waals surface area contributed by atoms with Gasteiger partial charge in [0.1, 0.15) is 5.75 Å². The summed E-state index contributed by atoms with van der Waals surface area (Å²) in [6, 6.07) is 8.09. The highest BCUT2D eigenvalue weighted by Gasteiger charge is 2.19. The molecule has 0 aliphatic heterocycles. The van der Waals surface area contributed by atoms with Crippen LogP contribution in [0, 0.1) is 0 Å². The van der Waals surface area contributed by atoms with E-state index >= 15 is 0 Å². The van der Waals surface area contributed by atoms with Gasteiger partial charge in [0.05, 0.1) is 27.4 Å². The van der Waals surface area contributed by atoms with Gasteiger partial charge in [0.2, 0.25) is 17.2 Å². The second-order valence-corrected chi connectivity index (χ2v) is 4.70. The molecule has 0 atom stereocenters. The topological polar surface area (TPSA) is 66.1 Å². The highest BCUT2D eigenvalue weighted by Crippen LogP contribution is 2.46. The summed E-state index contributed by atoms with van der Waals surface area (Å²) in [5, 5.41) is 11.9. The summed E-state index contributed by atoms with van der Waals surface area (Å²) in [6.07, 6.45) is 0. The normalized spacial score (nSPS) is 10.2. The van der Waals surface area contributed by atoms with Gasteiger partial charge in [0, 0.05) is 6.07 Å². The van der Waals surface area contributed by atoms with E-state index in [9.17, 15) is 5.11 Å². The Balaban J connectivity index is 2.41. The molecule has 6 nitrogen and oxygen atoms in total. The minimum atomic E-state index is -0.288. The molecule has 24 heavy (non-hydrogen) atoms. The van der Waals surface area contributed by atoms with Gasteiger partial charge < -0.3 is 23.7 Å². The lowest BCUT2D eigenvalue weighted by Gasteiger charge is -2.16. The molecule has 0 aromatic heterocycles. The SMILES string of the molecule is CCOc1ccc(Oc2c(OC)ccc([O])c2OC)cc1OCC. The summed E-state index contributed by atoms with van der Waals surface area (Å²) in [5.74, 6) is 2.09. The van der Waals surface area contributed by atoms with Crippen LogP contribution >= 0.6 is 0 Å². The molecule has 129 valence electrons. The third kappa shape index (κ3) is 3.76. The van der Waals surface area contributed by atoms with Crippen LogP contribution in [-0.2, 0) is 5.11 Å². The highest BCUT2D eigenvalue weighted by atomic mass is 16.5. The summed E-state index contributed by atoms with van der Waals surface area (Å²) in [4.78, 5) is 0. The van der Waals surface area contributed by atoms with Crippen molar-refractivity contribution >= 4 is 0 Å². The summed E-state index contributed by atoms with van der Waals surface area (Å²) in [5.41, 5.74) is 0. The molecule has 0 aliphatic carbocycles. The Hall–Kier alpha value is -2.76. The maximum Gasteiger partial charge on any atom is 0.224 e. The minimum Gasteiger partial charge on any atom is -0.493 e. The first kappa shape index (κ1) is 17.6. The zero-order valence-corrected chi connectivity index (χ0v) is 14.3. The number of methoxy groups -OCH3 is 2. The minimum absolute atomic E-state index is 0.0844. The maximum atomic E-state index is 11.9. The quantitative estimate of drug-likeness (QED) is 0.714. The summed E-state index contributed by atoms with van der Waals surface area (Å²) >= 11 is 0. The van der Waals surface area contributed by atoms with Crippen molar-refractivity contribution in [1.82, 2.24) is 0 Å². The first-order valence-corrected chi connectivity index (χ1v) is 7.64. The van der Waals surface area contributed by atoms with Gasteiger partial charge in [-0.25, -0.2) is 0 Å². The van der Waals surface area contributed by atoms with E-state index in [0.717, 1.165) is 0 Å². The molecular formula is C18H21O6. The Morgan fingerprint density at radius 1 is 0.792 bits per heavy atom. The van der Waals surface area contributed by atoms with Crippen molar-refractivity contribution < 1.29 is 28.8 Å². The lowest BCUT2D eigenvalue weighted by molar-refractivity contribution is 0.284. The first-order chi connectivity index (χ1) is 11.6. The average Bonchev–Trinajstić information content (AvgIpc) is 2.58. The fraction of sp³-hybridized carbons (Fsp3) is 0.333. The van der Waals surface area contributed by atoms with Crippen molar-refractivity contribution in [2.24, 2.45) is 0 Å². The maximum absolute atomic E-state index is 11.9. The Kier molecular flexibility index (Phi) is 6.01. The number of ether oxygens (including phenoxy) is 5. The Bertz CT molecular complexity index is 683. The first-order valence-electron chi connectivity index (χ1n) is 7.64. The van der Waals surface area contributed by atoms with Crippen molar-refractivity contribution in [3.8, 4) is 40.2 Å². The molecule has 0 spiro atoms. The van der Waals surface area contributed by atoms with Crippen molar-refractivity contribution in [3.63, 3.8) is 0 Å². The zero-order valence-electron chi connectivity index (χ0n) is 14.3. The van der Waals surface area contributed by atoms with Crippen LogP contribution in [0.4, 0.5) is 0 Å². The largest absolute Gasteiger partial charge is 0.493 e. The molecule has 0 N–H and O–H groups in total. The summed E-state index contributed by atoms with van der Waals surface area (Å²) in [6.45, 7) is 4.80. The highest BCUT2D eigenvalue weighted by molar-refractivity contribution is 5.60. The second kappa shape index (κ2) is 8.19. The average molecular weight is 333 g/mol. The number of benzene rings is 2. The number of hydrogen-bond acceptors (Lipinski definition) is 5. The fourth-order valence-corrected chi connectivity index (χ4v) is 2.19. The predicted molar refractivity (Wildman–Crippen MR) is 88.5 cm³/mol. The standard InChI is InChI=1S/C18H21O6/c1-5-22-14-9-7-12(11-16(14)23-6-2)24-18-15(20-3)10-8-13(19)17(18)21-4/h7-11H,5-6H2,1-4H3. The van der Waals surface area contributed by atoms with Crippen molar-refractivity contribution in [3.05, 3.63) is 30.3 Å². The smallest absolute Gasteiger partial charge is 0.224 e. The van der Waals surface area contributed by atoms with E-state index in [1.807, 2.05) is 13.8 Å². The van der Waals surface area contributed by atoms with Gasteiger partial charge in [-0.05, 0) is 38.1 Å². The lowest BCUT2D eigenvalue weighted by Crippen LogP contribution is -1.99. The third-order valence-electron chi connectivity index (χ3n) is 3.20. The van der Waals surface area contributed by atoms with Crippen LogP contribution in [-0.4, -0.2) is 27.4 Å². The van der Waals surface area contributed by atoms with Crippen LogP contribution < -0.4 is 23.7 Å². The van der Waals surface area contributed by atoms with Crippen molar-refractivity contribution in [2.75, 3.05) is 27.4 Å². The van der Waals surface area contributed by atoms with E-state index in [1.54, 1.807) is 18.2 Å². The molecule has 2 rings (SSSR count). The van der Waals surface area contributed by atoms with Gasteiger partial charge in [-0.1, -0.05) is 0 Å². The Morgan fingerprint density at radius 2 is 1.46 bits per heavy atom. The van der Waals surface area contributed by atoms with Crippen LogP contribution in [0.2, 0.25) is 0 Å².